The normalized spacial score (nSPS) is 11.3. The lowest BCUT2D eigenvalue weighted by atomic mass is 10.2. The minimum atomic E-state index is -0.219. The number of nitrogens with zero attached hydrogens (tertiary/aromatic N) is 3. The zero-order valence-electron chi connectivity index (χ0n) is 14.2. The van der Waals surface area contributed by atoms with Crippen LogP contribution in [0.15, 0.2) is 36.4 Å². The second-order valence-corrected chi connectivity index (χ2v) is 8.23. The first-order valence-corrected chi connectivity index (χ1v) is 9.78. The highest BCUT2D eigenvalue weighted by Crippen LogP contribution is 2.34. The van der Waals surface area contributed by atoms with Crippen LogP contribution >= 0.6 is 46.1 Å². The molecule has 1 aromatic heterocycles. The lowest BCUT2D eigenvalue weighted by Gasteiger charge is -2.22. The Hall–Kier alpha value is -1.37. The van der Waals surface area contributed by atoms with Crippen molar-refractivity contribution < 1.29 is 4.79 Å². The molecule has 2 aromatic carbocycles. The highest BCUT2D eigenvalue weighted by Gasteiger charge is 2.23. The molecular weight excluding hydrogens is 413 g/mol. The summed E-state index contributed by atoms with van der Waals surface area (Å²) in [5.41, 5.74) is 1.08. The summed E-state index contributed by atoms with van der Waals surface area (Å²) in [6.45, 7) is 1.16. The molecule has 1 amide bonds. The van der Waals surface area contributed by atoms with Gasteiger partial charge in [-0.1, -0.05) is 52.2 Å². The monoisotopic (exact) mass is 427 g/mol. The molecule has 8 heteroatoms. The third kappa shape index (κ3) is 4.13. The highest BCUT2D eigenvalue weighted by molar-refractivity contribution is 7.22. The van der Waals surface area contributed by atoms with Gasteiger partial charge in [0.05, 0.1) is 20.3 Å². The number of carbonyl (C=O) groups is 1. The van der Waals surface area contributed by atoms with E-state index in [1.807, 2.05) is 31.1 Å². The van der Waals surface area contributed by atoms with Crippen molar-refractivity contribution in [3.63, 3.8) is 0 Å². The van der Waals surface area contributed by atoms with Crippen LogP contribution in [0.2, 0.25) is 15.1 Å². The Bertz CT molecular complexity index is 958. The number of hydrogen-bond acceptors (Lipinski definition) is 4. The third-order valence-corrected chi connectivity index (χ3v) is 5.66. The summed E-state index contributed by atoms with van der Waals surface area (Å²) in [5.74, 6) is -0.219. The number of fused-ring (bicyclic) bond motifs is 1. The Balaban J connectivity index is 2.03. The SMILES string of the molecule is CN(C)CCN(C(=O)c1ccc(Cl)cc1Cl)c1nc2c(Cl)cccc2s1. The molecule has 26 heavy (non-hydrogen) atoms. The number of halogens is 3. The summed E-state index contributed by atoms with van der Waals surface area (Å²) in [6, 6.07) is 10.4. The maximum atomic E-state index is 13.2. The van der Waals surface area contributed by atoms with Gasteiger partial charge in [0.15, 0.2) is 5.13 Å². The van der Waals surface area contributed by atoms with Crippen LogP contribution in [0, 0.1) is 0 Å². The van der Waals surface area contributed by atoms with Gasteiger partial charge in [-0.05, 0) is 44.4 Å². The second-order valence-electron chi connectivity index (χ2n) is 5.97. The van der Waals surface area contributed by atoms with E-state index in [0.717, 1.165) is 4.70 Å². The van der Waals surface area contributed by atoms with E-state index in [-0.39, 0.29) is 5.91 Å². The van der Waals surface area contributed by atoms with Gasteiger partial charge in [-0.25, -0.2) is 4.98 Å². The predicted octanol–water partition coefficient (Wildman–Crippen LogP) is 5.46. The molecule has 3 aromatic rings. The van der Waals surface area contributed by atoms with Crippen molar-refractivity contribution in [2.75, 3.05) is 32.1 Å². The first-order chi connectivity index (χ1) is 12.4. The van der Waals surface area contributed by atoms with Crippen molar-refractivity contribution in [3.05, 3.63) is 57.0 Å². The zero-order valence-corrected chi connectivity index (χ0v) is 17.3. The number of thiazole rings is 1. The smallest absolute Gasteiger partial charge is 0.261 e. The van der Waals surface area contributed by atoms with E-state index >= 15 is 0 Å². The van der Waals surface area contributed by atoms with Gasteiger partial charge in [0, 0.05) is 18.1 Å². The summed E-state index contributed by atoms with van der Waals surface area (Å²) in [7, 11) is 3.90. The van der Waals surface area contributed by atoms with E-state index in [0.29, 0.717) is 44.4 Å². The Morgan fingerprint density at radius 3 is 2.50 bits per heavy atom. The summed E-state index contributed by atoms with van der Waals surface area (Å²) >= 11 is 19.9. The third-order valence-electron chi connectivity index (χ3n) is 3.77. The number of benzene rings is 2. The summed E-state index contributed by atoms with van der Waals surface area (Å²) < 4.78 is 0.928. The second kappa shape index (κ2) is 8.11. The molecule has 0 spiro atoms. The van der Waals surface area contributed by atoms with Gasteiger partial charge in [0.25, 0.3) is 5.91 Å². The molecule has 0 bridgehead atoms. The van der Waals surface area contributed by atoms with Crippen molar-refractivity contribution in [2.45, 2.75) is 0 Å². The molecule has 0 saturated heterocycles. The minimum absolute atomic E-state index is 0.219. The standard InChI is InChI=1S/C18H16Cl3N3OS/c1-23(2)8-9-24(17(25)12-7-6-11(19)10-14(12)21)18-22-16-13(20)4-3-5-15(16)26-18/h3-7,10H,8-9H2,1-2H3. The molecule has 0 unspecified atom stereocenters. The van der Waals surface area contributed by atoms with Crippen molar-refractivity contribution in [3.8, 4) is 0 Å². The van der Waals surface area contributed by atoms with Crippen LogP contribution in [-0.4, -0.2) is 43.0 Å². The molecule has 1 heterocycles. The van der Waals surface area contributed by atoms with Gasteiger partial charge in [-0.2, -0.15) is 0 Å². The molecular formula is C18H16Cl3N3OS. The molecule has 4 nitrogen and oxygen atoms in total. The number of amides is 1. The number of aromatic nitrogens is 1. The van der Waals surface area contributed by atoms with Crippen LogP contribution in [0.5, 0.6) is 0 Å². The van der Waals surface area contributed by atoms with E-state index in [4.69, 9.17) is 34.8 Å². The van der Waals surface area contributed by atoms with Crippen LogP contribution in [0.25, 0.3) is 10.2 Å². The summed E-state index contributed by atoms with van der Waals surface area (Å²) in [6.07, 6.45) is 0. The van der Waals surface area contributed by atoms with E-state index < -0.39 is 0 Å². The van der Waals surface area contributed by atoms with Crippen LogP contribution < -0.4 is 4.90 Å². The molecule has 136 valence electrons. The van der Waals surface area contributed by atoms with Crippen molar-refractivity contribution >= 4 is 67.4 Å². The molecule has 0 aliphatic heterocycles. The Labute approximate surface area is 170 Å². The van der Waals surface area contributed by atoms with Gasteiger partial charge >= 0.3 is 0 Å². The minimum Gasteiger partial charge on any atom is -0.308 e. The van der Waals surface area contributed by atoms with E-state index in [9.17, 15) is 4.79 Å². The van der Waals surface area contributed by atoms with Crippen molar-refractivity contribution in [1.82, 2.24) is 9.88 Å². The average molecular weight is 429 g/mol. The Morgan fingerprint density at radius 2 is 1.85 bits per heavy atom. The van der Waals surface area contributed by atoms with Crippen LogP contribution in [0.1, 0.15) is 10.4 Å². The molecule has 0 aliphatic carbocycles. The zero-order chi connectivity index (χ0) is 18.8. The first kappa shape index (κ1) is 19.4. The average Bonchev–Trinajstić information content (AvgIpc) is 3.00. The molecule has 0 fully saturated rings. The van der Waals surface area contributed by atoms with Gasteiger partial charge in [-0.3, -0.25) is 9.69 Å². The topological polar surface area (TPSA) is 36.4 Å². The van der Waals surface area contributed by atoms with Crippen LogP contribution in [0.4, 0.5) is 5.13 Å². The van der Waals surface area contributed by atoms with E-state index in [1.165, 1.54) is 11.3 Å². The van der Waals surface area contributed by atoms with Crippen molar-refractivity contribution in [2.24, 2.45) is 0 Å². The lowest BCUT2D eigenvalue weighted by Crippen LogP contribution is -2.36. The largest absolute Gasteiger partial charge is 0.308 e. The number of likely N-dealkylation sites (N-methyl/N-ethyl adjacent to an activating group) is 1. The summed E-state index contributed by atoms with van der Waals surface area (Å²) in [4.78, 5) is 21.4. The number of carbonyl (C=O) groups excluding carboxylic acids is 1. The van der Waals surface area contributed by atoms with Gasteiger partial charge < -0.3 is 4.90 Å². The van der Waals surface area contributed by atoms with Gasteiger partial charge in [0.2, 0.25) is 0 Å². The van der Waals surface area contributed by atoms with Gasteiger partial charge in [0.1, 0.15) is 5.52 Å². The van der Waals surface area contributed by atoms with Crippen molar-refractivity contribution in [1.29, 1.82) is 0 Å². The van der Waals surface area contributed by atoms with E-state index in [2.05, 4.69) is 4.98 Å². The van der Waals surface area contributed by atoms with E-state index in [1.54, 1.807) is 29.2 Å². The Morgan fingerprint density at radius 1 is 1.08 bits per heavy atom. The van der Waals surface area contributed by atoms with Crippen LogP contribution in [0.3, 0.4) is 0 Å². The fourth-order valence-corrected chi connectivity index (χ4v) is 4.19. The molecule has 0 N–H and O–H groups in total. The first-order valence-electron chi connectivity index (χ1n) is 7.83. The molecule has 3 rings (SSSR count). The number of anilines is 1. The van der Waals surface area contributed by atoms with Crippen LogP contribution in [-0.2, 0) is 0 Å². The maximum Gasteiger partial charge on any atom is 0.261 e. The predicted molar refractivity (Wildman–Crippen MR) is 111 cm³/mol. The molecule has 0 aliphatic rings. The quantitative estimate of drug-likeness (QED) is 0.541. The fraction of sp³-hybridized carbons (Fsp3) is 0.222. The molecule has 0 saturated carbocycles. The molecule has 0 radical (unpaired) electrons. The fourth-order valence-electron chi connectivity index (χ4n) is 2.41. The van der Waals surface area contributed by atoms with Gasteiger partial charge in [-0.15, -0.1) is 0 Å². The highest BCUT2D eigenvalue weighted by atomic mass is 35.5. The number of para-hydroxylation sites is 1. The lowest BCUT2D eigenvalue weighted by molar-refractivity contribution is 0.0985. The number of rotatable bonds is 5. The maximum absolute atomic E-state index is 13.2. The number of hydrogen-bond donors (Lipinski definition) is 0. The molecule has 0 atom stereocenters. The summed E-state index contributed by atoms with van der Waals surface area (Å²) in [5, 5.41) is 1.95. The Kier molecular flexibility index (Phi) is 6.05.